The summed E-state index contributed by atoms with van der Waals surface area (Å²) >= 11 is 3.38. The Hall–Kier alpha value is -2.47. The van der Waals surface area contributed by atoms with Crippen molar-refractivity contribution in [2.24, 2.45) is 5.10 Å². The fraction of sp³-hybridized carbons (Fsp3) is 0.167. The topological polar surface area (TPSA) is 56.5 Å². The molecule has 0 N–H and O–H groups in total. The average Bonchev–Trinajstić information content (AvgIpc) is 2.56. The number of nitrogens with zero attached hydrogens (tertiary/aromatic N) is 3. The SMILES string of the molecule is CCOc1cccc(C=Nn2c(C)nc3ccc(Br)cc3c2=O)c1. The van der Waals surface area contributed by atoms with Gasteiger partial charge in [-0.25, -0.2) is 4.98 Å². The second kappa shape index (κ2) is 6.97. The Morgan fingerprint density at radius 2 is 2.12 bits per heavy atom. The third-order valence-corrected chi connectivity index (χ3v) is 3.95. The molecule has 1 heterocycles. The lowest BCUT2D eigenvalue weighted by Crippen LogP contribution is -2.20. The number of fused-ring (bicyclic) bond motifs is 1. The molecule has 0 aliphatic rings. The second-order valence-electron chi connectivity index (χ2n) is 5.19. The molecular weight excluding hydrogens is 370 g/mol. The molecule has 122 valence electrons. The van der Waals surface area contributed by atoms with Gasteiger partial charge in [-0.1, -0.05) is 28.1 Å². The summed E-state index contributed by atoms with van der Waals surface area (Å²) in [5, 5.41) is 4.83. The van der Waals surface area contributed by atoms with E-state index in [-0.39, 0.29) is 5.56 Å². The van der Waals surface area contributed by atoms with Crippen molar-refractivity contribution in [1.82, 2.24) is 9.66 Å². The van der Waals surface area contributed by atoms with Crippen molar-refractivity contribution >= 4 is 33.0 Å². The molecule has 0 aliphatic heterocycles. The minimum Gasteiger partial charge on any atom is -0.494 e. The van der Waals surface area contributed by atoms with E-state index < -0.39 is 0 Å². The summed E-state index contributed by atoms with van der Waals surface area (Å²) in [7, 11) is 0. The van der Waals surface area contributed by atoms with Gasteiger partial charge < -0.3 is 4.74 Å². The van der Waals surface area contributed by atoms with Crippen LogP contribution in [-0.4, -0.2) is 22.5 Å². The number of hydrogen-bond donors (Lipinski definition) is 0. The van der Waals surface area contributed by atoms with Crippen LogP contribution in [0.3, 0.4) is 0 Å². The van der Waals surface area contributed by atoms with Crippen molar-refractivity contribution < 1.29 is 4.74 Å². The maximum atomic E-state index is 12.7. The molecule has 0 atom stereocenters. The smallest absolute Gasteiger partial charge is 0.282 e. The zero-order valence-electron chi connectivity index (χ0n) is 13.4. The normalized spacial score (nSPS) is 11.3. The number of rotatable bonds is 4. The van der Waals surface area contributed by atoms with Gasteiger partial charge in [0.1, 0.15) is 11.6 Å². The van der Waals surface area contributed by atoms with Crippen LogP contribution in [0.15, 0.2) is 56.8 Å². The van der Waals surface area contributed by atoms with E-state index in [0.29, 0.717) is 23.3 Å². The third kappa shape index (κ3) is 3.38. The molecule has 24 heavy (non-hydrogen) atoms. The van der Waals surface area contributed by atoms with Crippen LogP contribution in [-0.2, 0) is 0 Å². The first kappa shape index (κ1) is 16.4. The van der Waals surface area contributed by atoms with Crippen molar-refractivity contribution in [2.45, 2.75) is 13.8 Å². The Bertz CT molecular complexity index is 980. The van der Waals surface area contributed by atoms with Gasteiger partial charge in [0.15, 0.2) is 0 Å². The highest BCUT2D eigenvalue weighted by molar-refractivity contribution is 9.10. The molecular formula is C18H16BrN3O2. The molecule has 0 unspecified atom stereocenters. The number of ether oxygens (including phenoxy) is 1. The fourth-order valence-electron chi connectivity index (χ4n) is 2.37. The van der Waals surface area contributed by atoms with E-state index in [4.69, 9.17) is 4.74 Å². The van der Waals surface area contributed by atoms with E-state index in [2.05, 4.69) is 26.0 Å². The van der Waals surface area contributed by atoms with Crippen LogP contribution < -0.4 is 10.3 Å². The summed E-state index contributed by atoms with van der Waals surface area (Å²) in [6.45, 7) is 4.29. The number of aromatic nitrogens is 2. The number of benzene rings is 2. The Morgan fingerprint density at radius 1 is 1.29 bits per heavy atom. The van der Waals surface area contributed by atoms with E-state index in [1.54, 1.807) is 19.2 Å². The summed E-state index contributed by atoms with van der Waals surface area (Å²) in [4.78, 5) is 17.1. The lowest BCUT2D eigenvalue weighted by atomic mass is 10.2. The summed E-state index contributed by atoms with van der Waals surface area (Å²) in [5.74, 6) is 1.30. The van der Waals surface area contributed by atoms with Crippen molar-refractivity contribution in [3.8, 4) is 5.75 Å². The van der Waals surface area contributed by atoms with Crippen LogP contribution in [0.25, 0.3) is 10.9 Å². The van der Waals surface area contributed by atoms with E-state index in [1.807, 2.05) is 43.3 Å². The Labute approximate surface area is 147 Å². The zero-order valence-corrected chi connectivity index (χ0v) is 14.9. The monoisotopic (exact) mass is 385 g/mol. The molecule has 2 aromatic carbocycles. The van der Waals surface area contributed by atoms with Gasteiger partial charge in [-0.3, -0.25) is 4.79 Å². The predicted molar refractivity (Wildman–Crippen MR) is 99.0 cm³/mol. The molecule has 0 saturated carbocycles. The first-order chi connectivity index (χ1) is 11.6. The highest BCUT2D eigenvalue weighted by atomic mass is 79.9. The van der Waals surface area contributed by atoms with Crippen LogP contribution in [0.4, 0.5) is 0 Å². The first-order valence-corrected chi connectivity index (χ1v) is 8.34. The highest BCUT2D eigenvalue weighted by Crippen LogP contribution is 2.16. The van der Waals surface area contributed by atoms with Gasteiger partial charge in [-0.15, -0.1) is 0 Å². The van der Waals surface area contributed by atoms with Gasteiger partial charge in [0.2, 0.25) is 0 Å². The van der Waals surface area contributed by atoms with Crippen LogP contribution in [0, 0.1) is 6.92 Å². The molecule has 1 aromatic heterocycles. The summed E-state index contributed by atoms with van der Waals surface area (Å²) in [6.07, 6.45) is 1.63. The lowest BCUT2D eigenvalue weighted by molar-refractivity contribution is 0.340. The Balaban J connectivity index is 2.03. The third-order valence-electron chi connectivity index (χ3n) is 3.46. The molecule has 0 bridgehead atoms. The maximum Gasteiger partial charge on any atom is 0.282 e. The number of aryl methyl sites for hydroxylation is 1. The summed E-state index contributed by atoms with van der Waals surface area (Å²) in [6, 6.07) is 13.0. The lowest BCUT2D eigenvalue weighted by Gasteiger charge is -2.06. The number of halogens is 1. The Kier molecular flexibility index (Phi) is 4.76. The van der Waals surface area contributed by atoms with Crippen molar-refractivity contribution in [1.29, 1.82) is 0 Å². The van der Waals surface area contributed by atoms with Gasteiger partial charge in [0.25, 0.3) is 5.56 Å². The van der Waals surface area contributed by atoms with Crippen LogP contribution in [0.5, 0.6) is 5.75 Å². The van der Waals surface area contributed by atoms with E-state index in [1.165, 1.54) is 4.68 Å². The molecule has 3 aromatic rings. The van der Waals surface area contributed by atoms with Crippen molar-refractivity contribution in [2.75, 3.05) is 6.61 Å². The minimum absolute atomic E-state index is 0.198. The fourth-order valence-corrected chi connectivity index (χ4v) is 2.73. The highest BCUT2D eigenvalue weighted by Gasteiger charge is 2.07. The van der Waals surface area contributed by atoms with Gasteiger partial charge in [-0.2, -0.15) is 9.78 Å². The van der Waals surface area contributed by atoms with Crippen LogP contribution >= 0.6 is 15.9 Å². The predicted octanol–water partition coefficient (Wildman–Crippen LogP) is 3.75. The van der Waals surface area contributed by atoms with Gasteiger partial charge in [-0.05, 0) is 49.7 Å². The van der Waals surface area contributed by atoms with Gasteiger partial charge >= 0.3 is 0 Å². The minimum atomic E-state index is -0.198. The maximum absolute atomic E-state index is 12.7. The Morgan fingerprint density at radius 3 is 2.92 bits per heavy atom. The standard InChI is InChI=1S/C18H16BrN3O2/c1-3-24-15-6-4-5-13(9-15)11-20-22-12(2)21-17-8-7-14(19)10-16(17)18(22)23/h4-11H,3H2,1-2H3. The molecule has 0 amide bonds. The van der Waals surface area contributed by atoms with E-state index in [0.717, 1.165) is 15.8 Å². The number of hydrogen-bond acceptors (Lipinski definition) is 4. The largest absolute Gasteiger partial charge is 0.494 e. The van der Waals surface area contributed by atoms with Crippen molar-refractivity contribution in [3.05, 3.63) is 68.7 Å². The first-order valence-electron chi connectivity index (χ1n) is 7.54. The molecule has 0 saturated heterocycles. The quantitative estimate of drug-likeness (QED) is 0.642. The molecule has 0 fully saturated rings. The zero-order chi connectivity index (χ0) is 17.1. The molecule has 0 aliphatic carbocycles. The molecule has 0 spiro atoms. The summed E-state index contributed by atoms with van der Waals surface area (Å²) in [5.41, 5.74) is 1.31. The molecule has 5 nitrogen and oxygen atoms in total. The van der Waals surface area contributed by atoms with E-state index in [9.17, 15) is 4.79 Å². The van der Waals surface area contributed by atoms with Crippen LogP contribution in [0.1, 0.15) is 18.3 Å². The molecule has 0 radical (unpaired) electrons. The molecule has 6 heteroatoms. The molecule has 3 rings (SSSR count). The van der Waals surface area contributed by atoms with Crippen molar-refractivity contribution in [3.63, 3.8) is 0 Å². The second-order valence-corrected chi connectivity index (χ2v) is 6.10. The average molecular weight is 386 g/mol. The summed E-state index contributed by atoms with van der Waals surface area (Å²) < 4.78 is 7.61. The van der Waals surface area contributed by atoms with Crippen LogP contribution in [0.2, 0.25) is 0 Å². The van der Waals surface area contributed by atoms with Gasteiger partial charge in [0.05, 0.1) is 23.7 Å². The van der Waals surface area contributed by atoms with E-state index >= 15 is 0 Å². The van der Waals surface area contributed by atoms with Gasteiger partial charge in [0, 0.05) is 4.47 Å².